The number of halogens is 1. The van der Waals surface area contributed by atoms with Crippen LogP contribution in [0.3, 0.4) is 0 Å². The Morgan fingerprint density at radius 1 is 1.25 bits per heavy atom. The SMILES string of the molecule is CC(C)(C)S(=O)N=Cc1c(N2CCOCC2)ccc(Cl)c1Sc1ccccn1. The summed E-state index contributed by atoms with van der Waals surface area (Å²) in [6.07, 6.45) is 3.45. The van der Waals surface area contributed by atoms with Gasteiger partial charge in [0, 0.05) is 41.6 Å². The van der Waals surface area contributed by atoms with Gasteiger partial charge in [-0.3, -0.25) is 0 Å². The van der Waals surface area contributed by atoms with E-state index in [1.165, 1.54) is 11.8 Å². The van der Waals surface area contributed by atoms with Gasteiger partial charge in [0.1, 0.15) is 16.0 Å². The number of rotatable bonds is 5. The van der Waals surface area contributed by atoms with Crippen molar-refractivity contribution in [2.45, 2.75) is 35.4 Å². The Morgan fingerprint density at radius 2 is 2.00 bits per heavy atom. The molecule has 1 aromatic heterocycles. The van der Waals surface area contributed by atoms with Crippen molar-refractivity contribution in [3.8, 4) is 0 Å². The van der Waals surface area contributed by atoms with Gasteiger partial charge >= 0.3 is 0 Å². The first-order chi connectivity index (χ1) is 13.4. The van der Waals surface area contributed by atoms with E-state index in [4.69, 9.17) is 16.3 Å². The van der Waals surface area contributed by atoms with E-state index in [9.17, 15) is 4.21 Å². The number of hydrogen-bond acceptors (Lipinski definition) is 5. The molecule has 0 aliphatic carbocycles. The summed E-state index contributed by atoms with van der Waals surface area (Å²) in [5.74, 6) is 0. The fraction of sp³-hybridized carbons (Fsp3) is 0.400. The fourth-order valence-corrected chi connectivity index (χ4v) is 4.34. The van der Waals surface area contributed by atoms with Gasteiger partial charge in [-0.05, 0) is 45.0 Å². The van der Waals surface area contributed by atoms with E-state index in [0.717, 1.165) is 34.3 Å². The Bertz CT molecular complexity index is 864. The molecule has 2 aromatic rings. The lowest BCUT2D eigenvalue weighted by Crippen LogP contribution is -2.36. The summed E-state index contributed by atoms with van der Waals surface area (Å²) in [7, 11) is -1.35. The van der Waals surface area contributed by atoms with Crippen molar-refractivity contribution < 1.29 is 8.95 Å². The molecule has 0 bridgehead atoms. The van der Waals surface area contributed by atoms with Gasteiger partial charge in [0.2, 0.25) is 0 Å². The molecule has 150 valence electrons. The average Bonchev–Trinajstić information content (AvgIpc) is 2.69. The van der Waals surface area contributed by atoms with E-state index in [-0.39, 0.29) is 0 Å². The van der Waals surface area contributed by atoms with Crippen LogP contribution in [0.1, 0.15) is 26.3 Å². The Kier molecular flexibility index (Phi) is 7.15. The van der Waals surface area contributed by atoms with Gasteiger partial charge in [0.25, 0.3) is 0 Å². The monoisotopic (exact) mass is 437 g/mol. The molecule has 1 saturated heterocycles. The summed E-state index contributed by atoms with van der Waals surface area (Å²) in [4.78, 5) is 7.51. The number of anilines is 1. The molecule has 28 heavy (non-hydrogen) atoms. The van der Waals surface area contributed by atoms with Gasteiger partial charge in [0.15, 0.2) is 0 Å². The minimum Gasteiger partial charge on any atom is -0.378 e. The van der Waals surface area contributed by atoms with Crippen molar-refractivity contribution in [2.75, 3.05) is 31.2 Å². The van der Waals surface area contributed by atoms with Crippen LogP contribution in [-0.4, -0.2) is 46.5 Å². The Labute approximate surface area is 178 Å². The molecule has 0 saturated carbocycles. The molecule has 3 rings (SSSR count). The van der Waals surface area contributed by atoms with Crippen molar-refractivity contribution in [1.82, 2.24) is 4.98 Å². The molecule has 0 amide bonds. The summed E-state index contributed by atoms with van der Waals surface area (Å²) in [5.41, 5.74) is 1.88. The third-order valence-corrected chi connectivity index (χ3v) is 6.99. The smallest absolute Gasteiger partial charge is 0.144 e. The van der Waals surface area contributed by atoms with Crippen LogP contribution in [0.25, 0.3) is 0 Å². The molecule has 1 atom stereocenters. The summed E-state index contributed by atoms with van der Waals surface area (Å²) < 4.78 is 21.9. The van der Waals surface area contributed by atoms with Crippen molar-refractivity contribution in [2.24, 2.45) is 4.40 Å². The van der Waals surface area contributed by atoms with E-state index >= 15 is 0 Å². The largest absolute Gasteiger partial charge is 0.378 e. The Balaban J connectivity index is 2.05. The second-order valence-corrected chi connectivity index (χ2v) is 10.6. The van der Waals surface area contributed by atoms with E-state index in [2.05, 4.69) is 14.3 Å². The zero-order valence-electron chi connectivity index (χ0n) is 16.2. The van der Waals surface area contributed by atoms with E-state index < -0.39 is 15.7 Å². The molecule has 0 radical (unpaired) electrons. The predicted molar refractivity (Wildman–Crippen MR) is 118 cm³/mol. The lowest BCUT2D eigenvalue weighted by Gasteiger charge is -2.31. The van der Waals surface area contributed by atoms with Crippen LogP contribution in [0.2, 0.25) is 5.02 Å². The second-order valence-electron chi connectivity index (χ2n) is 7.27. The van der Waals surface area contributed by atoms with Crippen LogP contribution in [0, 0.1) is 0 Å². The lowest BCUT2D eigenvalue weighted by molar-refractivity contribution is 0.122. The Morgan fingerprint density at radius 3 is 2.64 bits per heavy atom. The first-order valence-electron chi connectivity index (χ1n) is 9.06. The quantitative estimate of drug-likeness (QED) is 0.639. The molecule has 5 nitrogen and oxygen atoms in total. The summed E-state index contributed by atoms with van der Waals surface area (Å²) in [5, 5.41) is 1.46. The lowest BCUT2D eigenvalue weighted by atomic mass is 10.1. The first-order valence-corrected chi connectivity index (χ1v) is 11.4. The summed E-state index contributed by atoms with van der Waals surface area (Å²) in [6.45, 7) is 8.66. The summed E-state index contributed by atoms with van der Waals surface area (Å²) >= 11 is 8.05. The van der Waals surface area contributed by atoms with Crippen LogP contribution in [0.4, 0.5) is 5.69 Å². The number of hydrogen-bond donors (Lipinski definition) is 0. The van der Waals surface area contributed by atoms with Crippen LogP contribution in [0.5, 0.6) is 0 Å². The zero-order valence-corrected chi connectivity index (χ0v) is 18.6. The molecule has 1 aliphatic rings. The third kappa shape index (κ3) is 5.35. The Hall–Kier alpha value is -1.41. The molecule has 1 aromatic carbocycles. The highest BCUT2D eigenvalue weighted by atomic mass is 35.5. The second kappa shape index (κ2) is 9.39. The maximum Gasteiger partial charge on any atom is 0.144 e. The number of benzene rings is 1. The minimum atomic E-state index is -1.35. The van der Waals surface area contributed by atoms with Crippen molar-refractivity contribution in [3.05, 3.63) is 47.1 Å². The highest BCUT2D eigenvalue weighted by Crippen LogP contribution is 2.39. The van der Waals surface area contributed by atoms with Gasteiger partial charge in [-0.2, -0.15) is 4.40 Å². The van der Waals surface area contributed by atoms with Crippen LogP contribution < -0.4 is 4.90 Å². The normalized spacial score (nSPS) is 16.5. The first kappa shape index (κ1) is 21.3. The van der Waals surface area contributed by atoms with Crippen LogP contribution in [-0.2, 0) is 15.7 Å². The molecule has 0 N–H and O–H groups in total. The van der Waals surface area contributed by atoms with Crippen molar-refractivity contribution in [3.63, 3.8) is 0 Å². The highest BCUT2D eigenvalue weighted by molar-refractivity contribution is 7.99. The molecule has 8 heteroatoms. The van der Waals surface area contributed by atoms with Gasteiger partial charge in [-0.1, -0.05) is 29.4 Å². The van der Waals surface area contributed by atoms with Crippen LogP contribution in [0.15, 0.2) is 50.8 Å². The maximum atomic E-state index is 12.5. The number of morpholine rings is 1. The highest BCUT2D eigenvalue weighted by Gasteiger charge is 2.22. The molecule has 1 fully saturated rings. The van der Waals surface area contributed by atoms with Gasteiger partial charge < -0.3 is 9.64 Å². The van der Waals surface area contributed by atoms with Crippen LogP contribution >= 0.6 is 23.4 Å². The molecule has 2 heterocycles. The molecule has 1 aliphatic heterocycles. The van der Waals surface area contributed by atoms with Crippen molar-refractivity contribution >= 4 is 46.3 Å². The predicted octanol–water partition coefficient (Wildman–Crippen LogP) is 4.60. The molecule has 0 spiro atoms. The minimum absolute atomic E-state index is 0.428. The maximum absolute atomic E-state index is 12.5. The molecule has 1 unspecified atom stereocenters. The topological polar surface area (TPSA) is 54.8 Å². The van der Waals surface area contributed by atoms with E-state index in [1.807, 2.05) is 51.1 Å². The number of ether oxygens (including phenoxy) is 1. The van der Waals surface area contributed by atoms with E-state index in [1.54, 1.807) is 12.4 Å². The fourth-order valence-electron chi connectivity index (χ4n) is 2.64. The standard InChI is InChI=1S/C20H24ClN3O2S2/c1-20(2,3)28(25)23-14-15-17(24-10-12-26-13-11-24)8-7-16(21)19(15)27-18-6-4-5-9-22-18/h4-9,14H,10-13H2,1-3H3. The average molecular weight is 438 g/mol. The van der Waals surface area contributed by atoms with Gasteiger partial charge in [-0.15, -0.1) is 0 Å². The number of pyridine rings is 1. The molecular weight excluding hydrogens is 414 g/mol. The van der Waals surface area contributed by atoms with E-state index in [0.29, 0.717) is 18.2 Å². The third-order valence-electron chi connectivity index (χ3n) is 4.12. The van der Waals surface area contributed by atoms with Gasteiger partial charge in [0.05, 0.1) is 23.0 Å². The van der Waals surface area contributed by atoms with Gasteiger partial charge in [-0.25, -0.2) is 9.19 Å². The zero-order chi connectivity index (χ0) is 20.1. The number of nitrogens with zero attached hydrogens (tertiary/aromatic N) is 3. The number of aromatic nitrogens is 1. The molecular formula is C20H24ClN3O2S2. The summed E-state index contributed by atoms with van der Waals surface area (Å²) in [6, 6.07) is 9.66. The van der Waals surface area contributed by atoms with Crippen molar-refractivity contribution in [1.29, 1.82) is 0 Å².